The Bertz CT molecular complexity index is 2460. The summed E-state index contributed by atoms with van der Waals surface area (Å²) < 4.78 is 2.92. The number of hydrogen-bond donors (Lipinski definition) is 4. The van der Waals surface area contributed by atoms with Gasteiger partial charge in [0.1, 0.15) is 22.9 Å². The molecule has 0 spiro atoms. The number of hydrogen-bond acceptors (Lipinski definition) is 10. The van der Waals surface area contributed by atoms with Crippen molar-refractivity contribution in [3.05, 3.63) is 168 Å². The monoisotopic (exact) mass is 792 g/mol. The first kappa shape index (κ1) is 39.4. The Morgan fingerprint density at radius 3 is 1.23 bits per heavy atom. The molecule has 12 nitrogen and oxygen atoms in total. The second-order valence-electron chi connectivity index (χ2n) is 12.5. The van der Waals surface area contributed by atoms with Crippen molar-refractivity contribution in [1.82, 2.24) is 29.5 Å². The molecule has 13 heteroatoms. The second-order valence-corrected chi connectivity index (χ2v) is 12.5. The molecule has 0 aliphatic carbocycles. The molecule has 4 aromatic carbocycles. The van der Waals surface area contributed by atoms with Crippen molar-refractivity contribution in [3.63, 3.8) is 0 Å². The van der Waals surface area contributed by atoms with E-state index in [9.17, 15) is 20.4 Å². The summed E-state index contributed by atoms with van der Waals surface area (Å²) in [7, 11) is 0. The van der Waals surface area contributed by atoms with Gasteiger partial charge in [0.25, 0.3) is 0 Å². The minimum Gasteiger partial charge on any atom is -0.506 e. The minimum atomic E-state index is -0.00274. The summed E-state index contributed by atoms with van der Waals surface area (Å²) in [5, 5.41) is 50.5. The van der Waals surface area contributed by atoms with Gasteiger partial charge in [-0.05, 0) is 86.6 Å². The van der Waals surface area contributed by atoms with Crippen molar-refractivity contribution in [2.24, 2.45) is 9.98 Å². The largest absolute Gasteiger partial charge is 0.506 e. The first-order valence-corrected chi connectivity index (χ1v) is 17.5. The third-order valence-electron chi connectivity index (χ3n) is 8.70. The van der Waals surface area contributed by atoms with Crippen LogP contribution < -0.4 is 0 Å². The first-order valence-electron chi connectivity index (χ1n) is 17.5. The summed E-state index contributed by atoms with van der Waals surface area (Å²) in [5.74, 6) is 0.0630. The molecule has 57 heavy (non-hydrogen) atoms. The van der Waals surface area contributed by atoms with Crippen molar-refractivity contribution >= 4 is 23.8 Å². The molecule has 0 unspecified atom stereocenters. The normalized spacial score (nSPS) is 11.0. The molecule has 0 saturated carbocycles. The summed E-state index contributed by atoms with van der Waals surface area (Å²) in [4.78, 5) is 17.2. The zero-order chi connectivity index (χ0) is 39.0. The number of aromatic nitrogens is 6. The third-order valence-corrected chi connectivity index (χ3v) is 8.70. The van der Waals surface area contributed by atoms with Crippen LogP contribution in [-0.2, 0) is 17.4 Å². The number of phenolic OH excluding ortho intramolecular Hbond substituents is 2. The molecule has 0 aliphatic heterocycles. The zero-order valence-electron chi connectivity index (χ0n) is 30.8. The quantitative estimate of drug-likeness (QED) is 0.111. The van der Waals surface area contributed by atoms with Gasteiger partial charge in [-0.2, -0.15) is 10.2 Å². The van der Waals surface area contributed by atoms with Crippen molar-refractivity contribution in [1.29, 1.82) is 0 Å². The SMILES string of the molecule is Cc1nn(-c2ccccc2)c(O)c1C=Nc1ccc(-c2ccccn2)cc1O.Cc1nn(-c2ccccc2)c(O)c1C=Nc1ccc(-c2ccccn2)cc1O.[Cr]. The van der Waals surface area contributed by atoms with Crippen LogP contribution in [0.1, 0.15) is 22.5 Å². The van der Waals surface area contributed by atoms with E-state index in [1.54, 1.807) is 50.5 Å². The minimum absolute atomic E-state index is 0. The topological polar surface area (TPSA) is 167 Å². The van der Waals surface area contributed by atoms with Crippen LogP contribution in [0, 0.1) is 13.8 Å². The standard InChI is InChI=1S/2C22H18N4O2.Cr/c2*1-15-18(22(28)26(25-15)17-7-3-2-4-8-17)14-24-20-11-10-16(13-21(20)27)19-9-5-6-12-23-19;/h2*2-14,27-28H,1H3;. The van der Waals surface area contributed by atoms with Crippen molar-refractivity contribution < 1.29 is 37.8 Å². The molecule has 4 aromatic heterocycles. The molecule has 0 saturated heterocycles. The summed E-state index contributed by atoms with van der Waals surface area (Å²) in [6.07, 6.45) is 6.42. The number of nitrogens with zero attached hydrogens (tertiary/aromatic N) is 8. The van der Waals surface area contributed by atoms with E-state index in [1.165, 1.54) is 21.8 Å². The van der Waals surface area contributed by atoms with Crippen molar-refractivity contribution in [3.8, 4) is 57.1 Å². The van der Waals surface area contributed by atoms with E-state index in [2.05, 4.69) is 30.2 Å². The Balaban J connectivity index is 0.000000189. The molecular formula is C44H36CrN8O4. The van der Waals surface area contributed by atoms with Crippen LogP contribution in [0.3, 0.4) is 0 Å². The molecule has 4 heterocycles. The molecule has 0 amide bonds. The fraction of sp³-hybridized carbons (Fsp3) is 0.0455. The number of pyridine rings is 2. The maximum absolute atomic E-state index is 10.5. The van der Waals surface area contributed by atoms with Crippen LogP contribution in [0.15, 0.2) is 156 Å². The second kappa shape index (κ2) is 17.9. The van der Waals surface area contributed by atoms with Crippen LogP contribution in [0.2, 0.25) is 0 Å². The van der Waals surface area contributed by atoms with Gasteiger partial charge >= 0.3 is 0 Å². The van der Waals surface area contributed by atoms with Crippen LogP contribution in [-0.4, -0.2) is 62.4 Å². The molecule has 0 aliphatic rings. The van der Waals surface area contributed by atoms with E-state index < -0.39 is 0 Å². The van der Waals surface area contributed by atoms with Gasteiger partial charge in [0.15, 0.2) is 0 Å². The van der Waals surface area contributed by atoms with Crippen LogP contribution >= 0.6 is 0 Å². The number of aryl methyl sites for hydroxylation is 2. The summed E-state index contributed by atoms with van der Waals surface area (Å²) in [6, 6.07) is 40.3. The molecular weight excluding hydrogens is 757 g/mol. The Hall–Kier alpha value is -7.33. The van der Waals surface area contributed by atoms with Gasteiger partial charge < -0.3 is 20.4 Å². The van der Waals surface area contributed by atoms with E-state index in [4.69, 9.17) is 0 Å². The van der Waals surface area contributed by atoms with Gasteiger partial charge in [-0.1, -0.05) is 60.7 Å². The van der Waals surface area contributed by atoms with Gasteiger partial charge in [0, 0.05) is 53.3 Å². The molecule has 8 rings (SSSR count). The average molecular weight is 793 g/mol. The number of aliphatic imine (C=N–C) groups is 2. The third kappa shape index (κ3) is 8.98. The van der Waals surface area contributed by atoms with E-state index in [0.717, 1.165) is 33.9 Å². The van der Waals surface area contributed by atoms with E-state index in [0.29, 0.717) is 33.9 Å². The van der Waals surface area contributed by atoms with Crippen molar-refractivity contribution in [2.75, 3.05) is 0 Å². The average Bonchev–Trinajstić information content (AvgIpc) is 3.69. The predicted octanol–water partition coefficient (Wildman–Crippen LogP) is 8.81. The van der Waals surface area contributed by atoms with Crippen LogP contribution in [0.4, 0.5) is 11.4 Å². The van der Waals surface area contributed by atoms with E-state index in [-0.39, 0.29) is 40.6 Å². The smallest absolute Gasteiger partial charge is 0.223 e. The Kier molecular flexibility index (Phi) is 12.3. The molecule has 4 N–H and O–H groups in total. The maximum Gasteiger partial charge on any atom is 0.223 e. The van der Waals surface area contributed by atoms with Crippen LogP contribution in [0.5, 0.6) is 23.3 Å². The first-order chi connectivity index (χ1) is 27.3. The Labute approximate surface area is 339 Å². The summed E-state index contributed by atoms with van der Waals surface area (Å²) in [5.41, 5.74) is 7.70. The summed E-state index contributed by atoms with van der Waals surface area (Å²) in [6.45, 7) is 3.59. The molecule has 0 bridgehead atoms. The fourth-order valence-electron chi connectivity index (χ4n) is 5.77. The number of benzene rings is 4. The predicted molar refractivity (Wildman–Crippen MR) is 217 cm³/mol. The van der Waals surface area contributed by atoms with E-state index >= 15 is 0 Å². The molecule has 0 fully saturated rings. The van der Waals surface area contributed by atoms with Gasteiger partial charge in [-0.25, -0.2) is 9.36 Å². The number of para-hydroxylation sites is 2. The Morgan fingerprint density at radius 2 is 0.877 bits per heavy atom. The Morgan fingerprint density at radius 1 is 0.491 bits per heavy atom. The molecule has 8 aromatic rings. The number of phenols is 2. The number of rotatable bonds is 8. The number of aromatic hydroxyl groups is 4. The molecule has 0 radical (unpaired) electrons. The van der Waals surface area contributed by atoms with Gasteiger partial charge in [0.2, 0.25) is 11.8 Å². The summed E-state index contributed by atoms with van der Waals surface area (Å²) >= 11 is 0. The van der Waals surface area contributed by atoms with Gasteiger partial charge in [-0.15, -0.1) is 0 Å². The van der Waals surface area contributed by atoms with E-state index in [1.807, 2.05) is 109 Å². The fourth-order valence-corrected chi connectivity index (χ4v) is 5.77. The molecule has 282 valence electrons. The van der Waals surface area contributed by atoms with Crippen molar-refractivity contribution in [2.45, 2.75) is 13.8 Å². The van der Waals surface area contributed by atoms with Gasteiger partial charge in [-0.3, -0.25) is 20.0 Å². The zero-order valence-corrected chi connectivity index (χ0v) is 32.1. The van der Waals surface area contributed by atoms with Crippen LogP contribution in [0.25, 0.3) is 33.9 Å². The maximum atomic E-state index is 10.5. The molecule has 0 atom stereocenters. The van der Waals surface area contributed by atoms with Gasteiger partial charge in [0.05, 0.1) is 45.3 Å².